The highest BCUT2D eigenvalue weighted by atomic mass is 16.7. The van der Waals surface area contributed by atoms with Gasteiger partial charge < -0.3 is 9.57 Å². The maximum atomic E-state index is 10.9. The fraction of sp³-hybridized carbons (Fsp3) is 0.100. The van der Waals surface area contributed by atoms with Gasteiger partial charge in [-0.1, -0.05) is 12.1 Å². The zero-order valence-corrected chi connectivity index (χ0v) is 8.14. The second-order valence-electron chi connectivity index (χ2n) is 2.89. The second kappa shape index (κ2) is 3.91. The molecule has 1 aliphatic heterocycles. The smallest absolute Gasteiger partial charge is 0.308 e. The van der Waals surface area contributed by atoms with Gasteiger partial charge in [-0.2, -0.15) is 0 Å². The molecule has 0 unspecified atom stereocenters. The average Bonchev–Trinajstić information content (AvgIpc) is 2.70. The summed E-state index contributed by atoms with van der Waals surface area (Å²) in [5, 5.41) is 1.40. The molecule has 1 aliphatic rings. The monoisotopic (exact) mass is 206 g/mol. The summed E-state index contributed by atoms with van der Waals surface area (Å²) in [6.45, 7) is 1.35. The highest BCUT2D eigenvalue weighted by molar-refractivity contribution is 5.72. The molecular weight excluding hydrogens is 196 g/mol. The number of ether oxygens (including phenoxy) is 1. The largest absolute Gasteiger partial charge is 0.424 e. The van der Waals surface area contributed by atoms with E-state index >= 15 is 0 Å². The fourth-order valence-corrected chi connectivity index (χ4v) is 1.21. The summed E-state index contributed by atoms with van der Waals surface area (Å²) in [6.07, 6.45) is 3.12. The molecule has 15 heavy (non-hydrogen) atoms. The van der Waals surface area contributed by atoms with Crippen LogP contribution in [0.5, 0.6) is 5.75 Å². The minimum atomic E-state index is -0.366. The molecule has 1 heterocycles. The first kappa shape index (κ1) is 9.39. The third-order valence-corrected chi connectivity index (χ3v) is 1.76. The van der Waals surface area contributed by atoms with E-state index in [4.69, 9.17) is 9.57 Å². The Hall–Kier alpha value is -2.17. The van der Waals surface area contributed by atoms with Crippen molar-refractivity contribution >= 4 is 11.7 Å². The predicted octanol–water partition coefficient (Wildman–Crippen LogP) is 1.34. The average molecular weight is 206 g/mol. The van der Waals surface area contributed by atoms with Gasteiger partial charge in [0.15, 0.2) is 5.75 Å². The van der Waals surface area contributed by atoms with Gasteiger partial charge in [-0.15, -0.1) is 5.17 Å². The normalized spacial score (nSPS) is 13.3. The van der Waals surface area contributed by atoms with Gasteiger partial charge in [-0.25, -0.2) is 0 Å². The summed E-state index contributed by atoms with van der Waals surface area (Å²) >= 11 is 0. The lowest BCUT2D eigenvalue weighted by atomic mass is 10.3. The Bertz CT molecular complexity index is 395. The molecule has 0 saturated heterocycles. The van der Waals surface area contributed by atoms with E-state index < -0.39 is 0 Å². The summed E-state index contributed by atoms with van der Waals surface area (Å²) in [6, 6.07) is 7.08. The Morgan fingerprint density at radius 2 is 2.27 bits per heavy atom. The van der Waals surface area contributed by atoms with E-state index in [1.54, 1.807) is 24.4 Å². The first-order valence-corrected chi connectivity index (χ1v) is 4.43. The number of nitrogens with one attached hydrogen (secondary N) is 1. The highest BCUT2D eigenvalue weighted by Gasteiger charge is 2.15. The van der Waals surface area contributed by atoms with Gasteiger partial charge in [0.2, 0.25) is 0 Å². The van der Waals surface area contributed by atoms with Crippen molar-refractivity contribution in [2.75, 3.05) is 5.17 Å². The topological polar surface area (TPSA) is 50.8 Å². The first-order chi connectivity index (χ1) is 7.27. The van der Waals surface area contributed by atoms with Crippen molar-refractivity contribution in [1.29, 1.82) is 0 Å². The summed E-state index contributed by atoms with van der Waals surface area (Å²) < 4.78 is 5.03. The number of benzene rings is 1. The first-order valence-electron chi connectivity index (χ1n) is 4.43. The molecule has 0 bridgehead atoms. The van der Waals surface area contributed by atoms with E-state index in [9.17, 15) is 4.79 Å². The second-order valence-corrected chi connectivity index (χ2v) is 2.89. The number of hydrogen-bond donors (Lipinski definition) is 1. The molecule has 0 aromatic heterocycles. The molecular formula is C10H10N2O3. The number of para-hydroxylation sites is 2. The molecule has 5 nitrogen and oxygen atoms in total. The van der Waals surface area contributed by atoms with Crippen LogP contribution >= 0.6 is 0 Å². The zero-order chi connectivity index (χ0) is 10.7. The lowest BCUT2D eigenvalue weighted by Gasteiger charge is -2.18. The molecule has 0 spiro atoms. The number of rotatable bonds is 2. The van der Waals surface area contributed by atoms with Crippen molar-refractivity contribution in [1.82, 2.24) is 5.43 Å². The lowest BCUT2D eigenvalue weighted by Crippen LogP contribution is -2.28. The molecule has 1 aromatic carbocycles. The Morgan fingerprint density at radius 1 is 1.47 bits per heavy atom. The van der Waals surface area contributed by atoms with Crippen molar-refractivity contribution in [2.45, 2.75) is 6.92 Å². The molecule has 0 fully saturated rings. The van der Waals surface area contributed by atoms with Crippen molar-refractivity contribution in [3.63, 3.8) is 0 Å². The number of carbonyl (C=O) groups excluding carboxylic acids is 1. The van der Waals surface area contributed by atoms with Crippen molar-refractivity contribution < 1.29 is 14.4 Å². The van der Waals surface area contributed by atoms with Crippen LogP contribution < -0.4 is 15.3 Å². The standard InChI is InChI=1S/C10H10N2O3/c1-8(13)15-10-5-3-2-4-9(10)12-11-6-7-14-12/h2-7,11H,1H3. The minimum absolute atomic E-state index is 0.366. The number of anilines is 1. The summed E-state index contributed by atoms with van der Waals surface area (Å²) in [5.74, 6) is 0.0795. The number of esters is 1. The molecule has 78 valence electrons. The van der Waals surface area contributed by atoms with Crippen molar-refractivity contribution in [3.05, 3.63) is 36.7 Å². The molecule has 1 N–H and O–H groups in total. The molecule has 0 aliphatic carbocycles. The van der Waals surface area contributed by atoms with Crippen molar-refractivity contribution in [2.24, 2.45) is 0 Å². The minimum Gasteiger partial charge on any atom is -0.424 e. The van der Waals surface area contributed by atoms with E-state index in [1.807, 2.05) is 6.07 Å². The maximum absolute atomic E-state index is 10.9. The third kappa shape index (κ3) is 2.01. The van der Waals surface area contributed by atoms with Crippen LogP contribution in [0.3, 0.4) is 0 Å². The van der Waals surface area contributed by atoms with Gasteiger partial charge in [0.05, 0.1) is 6.20 Å². The Balaban J connectivity index is 2.25. The van der Waals surface area contributed by atoms with Crippen LogP contribution in [0.1, 0.15) is 6.92 Å². The van der Waals surface area contributed by atoms with Crippen LogP contribution in [-0.4, -0.2) is 5.97 Å². The molecule has 2 rings (SSSR count). The van der Waals surface area contributed by atoms with E-state index in [0.717, 1.165) is 0 Å². The van der Waals surface area contributed by atoms with Crippen LogP contribution in [-0.2, 0) is 9.63 Å². The summed E-state index contributed by atoms with van der Waals surface area (Å²) in [7, 11) is 0. The van der Waals surface area contributed by atoms with Gasteiger partial charge in [-0.3, -0.25) is 10.2 Å². The molecule has 0 radical (unpaired) electrons. The Labute approximate surface area is 86.8 Å². The van der Waals surface area contributed by atoms with Crippen LogP contribution in [0, 0.1) is 0 Å². The van der Waals surface area contributed by atoms with Crippen LogP contribution in [0.2, 0.25) is 0 Å². The van der Waals surface area contributed by atoms with Gasteiger partial charge >= 0.3 is 5.97 Å². The SMILES string of the molecule is CC(=O)Oc1ccccc1N1NC=CO1. The van der Waals surface area contributed by atoms with Gasteiger partial charge in [0.25, 0.3) is 0 Å². The zero-order valence-electron chi connectivity index (χ0n) is 8.14. The van der Waals surface area contributed by atoms with E-state index in [1.165, 1.54) is 18.4 Å². The number of carbonyl (C=O) groups is 1. The van der Waals surface area contributed by atoms with Gasteiger partial charge in [0, 0.05) is 6.92 Å². The fourth-order valence-electron chi connectivity index (χ4n) is 1.21. The van der Waals surface area contributed by atoms with Crippen LogP contribution in [0.4, 0.5) is 5.69 Å². The molecule has 5 heteroatoms. The third-order valence-electron chi connectivity index (χ3n) is 1.76. The van der Waals surface area contributed by atoms with Crippen molar-refractivity contribution in [3.8, 4) is 5.75 Å². The summed E-state index contributed by atoms with van der Waals surface area (Å²) in [5.41, 5.74) is 3.46. The van der Waals surface area contributed by atoms with Gasteiger partial charge in [-0.05, 0) is 12.1 Å². The van der Waals surface area contributed by atoms with Crippen LogP contribution in [0.15, 0.2) is 36.7 Å². The van der Waals surface area contributed by atoms with Crippen LogP contribution in [0.25, 0.3) is 0 Å². The maximum Gasteiger partial charge on any atom is 0.308 e. The lowest BCUT2D eigenvalue weighted by molar-refractivity contribution is -0.131. The van der Waals surface area contributed by atoms with E-state index in [0.29, 0.717) is 11.4 Å². The van der Waals surface area contributed by atoms with E-state index in [-0.39, 0.29) is 5.97 Å². The number of hydrogen-bond acceptors (Lipinski definition) is 5. The molecule has 0 saturated carbocycles. The predicted molar refractivity (Wildman–Crippen MR) is 53.6 cm³/mol. The van der Waals surface area contributed by atoms with Gasteiger partial charge in [0.1, 0.15) is 11.9 Å². The molecule has 0 amide bonds. The molecule has 0 atom stereocenters. The summed E-state index contributed by atoms with van der Waals surface area (Å²) in [4.78, 5) is 16.0. The molecule has 1 aromatic rings. The highest BCUT2D eigenvalue weighted by Crippen LogP contribution is 2.28. The number of hydrazine groups is 1. The Kier molecular flexibility index (Phi) is 2.45. The quantitative estimate of drug-likeness (QED) is 0.584. The Morgan fingerprint density at radius 3 is 2.93 bits per heavy atom. The number of nitrogens with zero attached hydrogens (tertiary/aromatic N) is 1. The van der Waals surface area contributed by atoms with E-state index in [2.05, 4.69) is 5.43 Å².